The van der Waals surface area contributed by atoms with E-state index in [0.717, 1.165) is 43.8 Å². The molecule has 0 unspecified atom stereocenters. The second kappa shape index (κ2) is 9.44. The van der Waals surface area contributed by atoms with Gasteiger partial charge in [-0.25, -0.2) is 0 Å². The van der Waals surface area contributed by atoms with Crippen molar-refractivity contribution in [1.82, 2.24) is 0 Å². The van der Waals surface area contributed by atoms with Gasteiger partial charge in [0.15, 0.2) is 0 Å². The molecule has 0 fully saturated rings. The van der Waals surface area contributed by atoms with E-state index >= 15 is 0 Å². The molecule has 0 atom stereocenters. The lowest BCUT2D eigenvalue weighted by Crippen LogP contribution is -1.91. The number of hydrogen-bond donors (Lipinski definition) is 0. The van der Waals surface area contributed by atoms with E-state index in [0.29, 0.717) is 5.56 Å². The maximum Gasteiger partial charge on any atom is 0.136 e. The van der Waals surface area contributed by atoms with Gasteiger partial charge >= 0.3 is 0 Å². The molecule has 8 aromatic carbocycles. The Bertz CT molecular complexity index is 2950. The highest BCUT2D eigenvalue weighted by Gasteiger charge is 2.18. The zero-order valence-electron chi connectivity index (χ0n) is 31.7. The average Bonchev–Trinajstić information content (AvgIpc) is 3.59. The van der Waals surface area contributed by atoms with Gasteiger partial charge in [-0.15, -0.1) is 0 Å². The molecule has 0 saturated heterocycles. The number of furan rings is 1. The highest BCUT2D eigenvalue weighted by molar-refractivity contribution is 6.22. The van der Waals surface area contributed by atoms with Crippen LogP contribution in [0.25, 0.3) is 87.6 Å². The summed E-state index contributed by atoms with van der Waals surface area (Å²) in [5.74, 6) is 0. The molecule has 0 spiro atoms. The Balaban J connectivity index is 1.39. The van der Waals surface area contributed by atoms with Gasteiger partial charge in [0.1, 0.15) is 11.2 Å². The Labute approximate surface area is 261 Å². The van der Waals surface area contributed by atoms with E-state index in [1.807, 2.05) is 72.8 Å². The summed E-state index contributed by atoms with van der Waals surface area (Å²) in [6.45, 7) is 0. The third-order valence-corrected chi connectivity index (χ3v) is 8.08. The van der Waals surface area contributed by atoms with E-state index in [-0.39, 0.29) is 68.5 Å². The molecule has 43 heavy (non-hydrogen) atoms. The van der Waals surface area contributed by atoms with Gasteiger partial charge in [-0.05, 0) is 95.9 Å². The van der Waals surface area contributed by atoms with E-state index in [2.05, 4.69) is 30.3 Å². The summed E-state index contributed by atoms with van der Waals surface area (Å²) in [5.41, 5.74) is 4.64. The Morgan fingerprint density at radius 1 is 0.395 bits per heavy atom. The molecular formula is C42H26O. The van der Waals surface area contributed by atoms with E-state index in [9.17, 15) is 4.11 Å². The van der Waals surface area contributed by atoms with Crippen LogP contribution in [0.2, 0.25) is 0 Å². The molecule has 0 radical (unpaired) electrons. The summed E-state index contributed by atoms with van der Waals surface area (Å²) in [4.78, 5) is 0. The minimum absolute atomic E-state index is 0.00970. The molecule has 200 valence electrons. The zero-order valence-corrected chi connectivity index (χ0v) is 22.7. The van der Waals surface area contributed by atoms with Gasteiger partial charge in [0, 0.05) is 10.8 Å². The molecule has 0 aliphatic carbocycles. The molecule has 9 aromatic rings. The van der Waals surface area contributed by atoms with Crippen molar-refractivity contribution in [3.8, 4) is 33.4 Å². The molecule has 0 saturated carbocycles. The minimum Gasteiger partial charge on any atom is -0.456 e. The molecule has 1 heteroatoms. The van der Waals surface area contributed by atoms with Crippen molar-refractivity contribution in [2.75, 3.05) is 0 Å². The van der Waals surface area contributed by atoms with Crippen LogP contribution in [0.15, 0.2) is 162 Å². The lowest BCUT2D eigenvalue weighted by atomic mass is 9.85. The van der Waals surface area contributed by atoms with Crippen LogP contribution >= 0.6 is 0 Å². The number of benzene rings is 8. The smallest absolute Gasteiger partial charge is 0.136 e. The molecule has 0 aliphatic heterocycles. The van der Waals surface area contributed by atoms with Crippen molar-refractivity contribution in [2.24, 2.45) is 0 Å². The molecule has 1 aromatic heterocycles. The normalized spacial score (nSPS) is 14.7. The molecule has 0 amide bonds. The van der Waals surface area contributed by atoms with Crippen LogP contribution in [-0.4, -0.2) is 0 Å². The summed E-state index contributed by atoms with van der Waals surface area (Å²) in [6.07, 6.45) is 0. The Morgan fingerprint density at radius 3 is 1.65 bits per heavy atom. The largest absolute Gasteiger partial charge is 0.456 e. The van der Waals surface area contributed by atoms with Crippen LogP contribution in [0.5, 0.6) is 0 Å². The van der Waals surface area contributed by atoms with Crippen LogP contribution in [-0.2, 0) is 0 Å². The lowest BCUT2D eigenvalue weighted by molar-refractivity contribution is 0.669. The van der Waals surface area contributed by atoms with Gasteiger partial charge in [-0.1, -0.05) is 127 Å². The van der Waals surface area contributed by atoms with E-state index in [1.165, 1.54) is 0 Å². The summed E-state index contributed by atoms with van der Waals surface area (Å²) in [7, 11) is 0. The second-order valence-corrected chi connectivity index (χ2v) is 10.5. The number of rotatable bonds is 3. The maximum absolute atomic E-state index is 9.56. The summed E-state index contributed by atoms with van der Waals surface area (Å²) in [6, 6.07) is 30.7. The highest BCUT2D eigenvalue weighted by Crippen LogP contribution is 2.45. The van der Waals surface area contributed by atoms with Crippen molar-refractivity contribution in [2.45, 2.75) is 0 Å². The van der Waals surface area contributed by atoms with E-state index in [4.69, 9.17) is 12.6 Å². The van der Waals surface area contributed by atoms with Crippen molar-refractivity contribution < 1.29 is 16.8 Å². The quantitative estimate of drug-likeness (QED) is 0.198. The van der Waals surface area contributed by atoms with Gasteiger partial charge in [0.2, 0.25) is 0 Å². The van der Waals surface area contributed by atoms with Crippen molar-refractivity contribution in [1.29, 1.82) is 0 Å². The Hall–Kier alpha value is -5.66. The van der Waals surface area contributed by atoms with Gasteiger partial charge in [0.25, 0.3) is 0 Å². The van der Waals surface area contributed by atoms with Crippen molar-refractivity contribution in [3.63, 3.8) is 0 Å². The molecule has 0 N–H and O–H groups in total. The first kappa shape index (κ1) is 16.7. The van der Waals surface area contributed by atoms with Crippen LogP contribution < -0.4 is 0 Å². The topological polar surface area (TPSA) is 13.1 Å². The van der Waals surface area contributed by atoms with Crippen LogP contribution in [0.4, 0.5) is 0 Å². The highest BCUT2D eigenvalue weighted by atomic mass is 16.3. The van der Waals surface area contributed by atoms with Crippen molar-refractivity contribution >= 4 is 54.3 Å². The number of hydrogen-bond acceptors (Lipinski definition) is 1. The standard InChI is InChI=1S/C42H26O/c1-2-11-27(12-3-1)28-15-10-16-31(23-28)41-34-17-6-8-19-36(34)42(37-20-9-7-18-35(37)41)32-21-22-33-38-24-29-13-4-5-14-30(29)25-40(38)43-39(33)26-32/h1-26H/i4D,5D,13D,14D,21D,22D,24D,25D,26D. The first-order chi connectivity index (χ1) is 25.1. The fourth-order valence-electron chi connectivity index (χ4n) is 6.17. The van der Waals surface area contributed by atoms with Crippen LogP contribution in [0.1, 0.15) is 12.3 Å². The second-order valence-electron chi connectivity index (χ2n) is 10.5. The first-order valence-corrected chi connectivity index (χ1v) is 14.0. The maximum atomic E-state index is 9.56. The average molecular weight is 556 g/mol. The minimum atomic E-state index is -0.540. The molecule has 1 nitrogen and oxygen atoms in total. The fourth-order valence-corrected chi connectivity index (χ4v) is 6.17. The predicted molar refractivity (Wildman–Crippen MR) is 183 cm³/mol. The molecule has 0 aliphatic rings. The van der Waals surface area contributed by atoms with Gasteiger partial charge in [-0.3, -0.25) is 0 Å². The fraction of sp³-hybridized carbons (Fsp3) is 0. The molecule has 0 bridgehead atoms. The summed E-state index contributed by atoms with van der Waals surface area (Å²) in [5, 5.41) is 2.96. The predicted octanol–water partition coefficient (Wildman–Crippen LogP) is 12.0. The van der Waals surface area contributed by atoms with E-state index in [1.54, 1.807) is 0 Å². The molecule has 9 rings (SSSR count). The van der Waals surface area contributed by atoms with Gasteiger partial charge < -0.3 is 4.42 Å². The lowest BCUT2D eigenvalue weighted by Gasteiger charge is -2.18. The first-order valence-electron chi connectivity index (χ1n) is 18.5. The van der Waals surface area contributed by atoms with Gasteiger partial charge in [0.05, 0.1) is 12.3 Å². The van der Waals surface area contributed by atoms with Crippen LogP contribution in [0.3, 0.4) is 0 Å². The number of fused-ring (bicyclic) bond motifs is 6. The molecular weight excluding hydrogens is 520 g/mol. The third kappa shape index (κ3) is 3.79. The summed E-state index contributed by atoms with van der Waals surface area (Å²) >= 11 is 0. The van der Waals surface area contributed by atoms with E-state index < -0.39 is 24.2 Å². The SMILES string of the molecule is [2H]c1c([2H])c([2H])c2c([2H])c3c(oc4c([2H])c(-c5c6ccccc6c(-c6cccc(-c7ccccc7)c6)c6ccccc56)c([2H])c([2H])c43)c([2H])c2c1[2H]. The van der Waals surface area contributed by atoms with Gasteiger partial charge in [-0.2, -0.15) is 0 Å². The molecule has 1 heterocycles. The third-order valence-electron chi connectivity index (χ3n) is 8.08. The van der Waals surface area contributed by atoms with Crippen LogP contribution in [0, 0.1) is 0 Å². The van der Waals surface area contributed by atoms with Crippen molar-refractivity contribution in [3.05, 3.63) is 158 Å². The summed E-state index contributed by atoms with van der Waals surface area (Å²) < 4.78 is 85.9. The monoisotopic (exact) mass is 555 g/mol. The zero-order chi connectivity index (χ0) is 36.2. The Morgan fingerprint density at radius 2 is 0.953 bits per heavy atom. The Kier molecular flexibility index (Phi) is 3.67.